The Bertz CT molecular complexity index is 371. The summed E-state index contributed by atoms with van der Waals surface area (Å²) in [6.07, 6.45) is 1.78. The van der Waals surface area contributed by atoms with E-state index < -0.39 is 0 Å². The van der Waals surface area contributed by atoms with Crippen LogP contribution in [0, 0.1) is 5.82 Å². The highest BCUT2D eigenvalue weighted by Gasteiger charge is 2.17. The van der Waals surface area contributed by atoms with Crippen molar-refractivity contribution in [3.8, 4) is 0 Å². The fourth-order valence-electron chi connectivity index (χ4n) is 1.48. The van der Waals surface area contributed by atoms with Crippen LogP contribution in [0.1, 0.15) is 26.7 Å². The van der Waals surface area contributed by atoms with E-state index in [-0.39, 0.29) is 17.5 Å². The topological polar surface area (TPSA) is 35.2 Å². The molecule has 0 fully saturated rings. The van der Waals surface area contributed by atoms with Gasteiger partial charge in [0.25, 0.3) is 0 Å². The highest BCUT2D eigenvalue weighted by atomic mass is 32.2. The lowest BCUT2D eigenvalue weighted by atomic mass is 10.00. The third-order valence-electron chi connectivity index (χ3n) is 2.96. The van der Waals surface area contributed by atoms with Crippen LogP contribution < -0.4 is 5.73 Å². The van der Waals surface area contributed by atoms with Gasteiger partial charge in [-0.2, -0.15) is 0 Å². The zero-order valence-corrected chi connectivity index (χ0v) is 12.1. The third kappa shape index (κ3) is 5.38. The molecule has 18 heavy (non-hydrogen) atoms. The Hall–Kier alpha value is -0.580. The minimum absolute atomic E-state index is 0.0593. The highest BCUT2D eigenvalue weighted by molar-refractivity contribution is 7.99. The van der Waals surface area contributed by atoms with Gasteiger partial charge in [0.15, 0.2) is 0 Å². The smallest absolute Gasteiger partial charge is 0.136 e. The Kier molecular flexibility index (Phi) is 6.12. The van der Waals surface area contributed by atoms with Gasteiger partial charge in [-0.15, -0.1) is 11.8 Å². The minimum atomic E-state index is -0.174. The second kappa shape index (κ2) is 7.12. The van der Waals surface area contributed by atoms with Gasteiger partial charge < -0.3 is 10.5 Å². The molecule has 1 atom stereocenters. The average Bonchev–Trinajstić information content (AvgIpc) is 2.35. The highest BCUT2D eigenvalue weighted by Crippen LogP contribution is 2.23. The Morgan fingerprint density at radius 3 is 2.67 bits per heavy atom. The summed E-state index contributed by atoms with van der Waals surface area (Å²) < 4.78 is 18.7. The maximum Gasteiger partial charge on any atom is 0.136 e. The van der Waals surface area contributed by atoms with Crippen molar-refractivity contribution in [3.05, 3.63) is 30.1 Å². The normalized spacial score (nSPS) is 13.6. The first-order valence-corrected chi connectivity index (χ1v) is 7.11. The second-order valence-electron chi connectivity index (χ2n) is 5.00. The molecule has 2 nitrogen and oxygen atoms in total. The molecule has 0 bridgehead atoms. The quantitative estimate of drug-likeness (QED) is 0.771. The molecule has 0 aliphatic heterocycles. The van der Waals surface area contributed by atoms with Gasteiger partial charge in [0.2, 0.25) is 0 Å². The molecule has 0 aromatic heterocycles. The van der Waals surface area contributed by atoms with Crippen molar-refractivity contribution in [3.63, 3.8) is 0 Å². The van der Waals surface area contributed by atoms with Crippen LogP contribution in [0.4, 0.5) is 4.39 Å². The average molecular weight is 271 g/mol. The van der Waals surface area contributed by atoms with Gasteiger partial charge in [0.05, 0.1) is 5.60 Å². The van der Waals surface area contributed by atoms with Crippen LogP contribution in [0.3, 0.4) is 0 Å². The molecular formula is C14H22FNOS. The molecule has 0 aliphatic rings. The molecule has 1 unspecified atom stereocenters. The third-order valence-corrected chi connectivity index (χ3v) is 4.20. The molecule has 0 heterocycles. The molecule has 0 amide bonds. The van der Waals surface area contributed by atoms with Crippen LogP contribution in [-0.2, 0) is 4.74 Å². The zero-order valence-electron chi connectivity index (χ0n) is 11.3. The summed E-state index contributed by atoms with van der Waals surface area (Å²) in [4.78, 5) is 0.666. The van der Waals surface area contributed by atoms with Crippen molar-refractivity contribution in [1.82, 2.24) is 0 Å². The fraction of sp³-hybridized carbons (Fsp3) is 0.571. The maximum absolute atomic E-state index is 13.4. The first-order chi connectivity index (χ1) is 8.44. The van der Waals surface area contributed by atoms with E-state index in [9.17, 15) is 4.39 Å². The second-order valence-corrected chi connectivity index (χ2v) is 6.07. The van der Waals surface area contributed by atoms with E-state index in [1.54, 1.807) is 19.2 Å². The predicted octanol–water partition coefficient (Wildman–Crippen LogP) is 3.45. The number of halogens is 1. The van der Waals surface area contributed by atoms with E-state index in [0.717, 1.165) is 18.6 Å². The summed E-state index contributed by atoms with van der Waals surface area (Å²) in [6.45, 7) is 4.09. The number of hydrogen-bond donors (Lipinski definition) is 1. The van der Waals surface area contributed by atoms with Gasteiger partial charge in [0, 0.05) is 23.8 Å². The van der Waals surface area contributed by atoms with Gasteiger partial charge in [-0.05, 0) is 38.8 Å². The van der Waals surface area contributed by atoms with E-state index >= 15 is 0 Å². The molecule has 4 heteroatoms. The van der Waals surface area contributed by atoms with Gasteiger partial charge in [-0.25, -0.2) is 4.39 Å². The van der Waals surface area contributed by atoms with Crippen LogP contribution in [0.2, 0.25) is 0 Å². The van der Waals surface area contributed by atoms with E-state index in [4.69, 9.17) is 10.5 Å². The van der Waals surface area contributed by atoms with Crippen LogP contribution in [0.5, 0.6) is 0 Å². The number of nitrogens with two attached hydrogens (primary N) is 1. The molecule has 0 spiro atoms. The van der Waals surface area contributed by atoms with Crippen molar-refractivity contribution in [2.45, 2.75) is 43.2 Å². The van der Waals surface area contributed by atoms with Crippen molar-refractivity contribution in [2.75, 3.05) is 12.9 Å². The van der Waals surface area contributed by atoms with Crippen LogP contribution in [-0.4, -0.2) is 24.5 Å². The lowest BCUT2D eigenvalue weighted by Gasteiger charge is -2.24. The van der Waals surface area contributed by atoms with E-state index in [1.807, 2.05) is 19.9 Å². The van der Waals surface area contributed by atoms with Crippen LogP contribution >= 0.6 is 11.8 Å². The molecule has 0 aliphatic carbocycles. The first-order valence-electron chi connectivity index (χ1n) is 6.12. The molecule has 1 aromatic carbocycles. The van der Waals surface area contributed by atoms with Gasteiger partial charge >= 0.3 is 0 Å². The molecule has 0 saturated carbocycles. The summed E-state index contributed by atoms with van der Waals surface area (Å²) in [5.74, 6) is 0.549. The van der Waals surface area contributed by atoms with E-state index in [1.165, 1.54) is 17.8 Å². The van der Waals surface area contributed by atoms with Crippen molar-refractivity contribution in [2.24, 2.45) is 5.73 Å². The SMILES string of the molecule is COC(C)(C)CCC(N)CSc1ccccc1F. The van der Waals surface area contributed by atoms with Crippen LogP contribution in [0.25, 0.3) is 0 Å². The summed E-state index contributed by atoms with van der Waals surface area (Å²) >= 11 is 1.47. The minimum Gasteiger partial charge on any atom is -0.379 e. The largest absolute Gasteiger partial charge is 0.379 e. The van der Waals surface area contributed by atoms with Crippen molar-refractivity contribution in [1.29, 1.82) is 0 Å². The van der Waals surface area contributed by atoms with E-state index in [0.29, 0.717) is 4.90 Å². The predicted molar refractivity (Wildman–Crippen MR) is 75.4 cm³/mol. The Labute approximate surface area is 113 Å². The molecule has 1 aromatic rings. The Morgan fingerprint density at radius 2 is 2.06 bits per heavy atom. The number of ether oxygens (including phenoxy) is 1. The Balaban J connectivity index is 2.34. The molecule has 2 N–H and O–H groups in total. The lowest BCUT2D eigenvalue weighted by molar-refractivity contribution is 0.0129. The summed E-state index contributed by atoms with van der Waals surface area (Å²) in [6, 6.07) is 6.85. The maximum atomic E-state index is 13.4. The summed E-state index contributed by atoms with van der Waals surface area (Å²) in [5, 5.41) is 0. The van der Waals surface area contributed by atoms with Crippen molar-refractivity contribution >= 4 is 11.8 Å². The molecule has 1 rings (SSSR count). The van der Waals surface area contributed by atoms with Gasteiger partial charge in [-0.3, -0.25) is 0 Å². The number of rotatable bonds is 7. The molecule has 0 saturated heterocycles. The van der Waals surface area contributed by atoms with Crippen molar-refractivity contribution < 1.29 is 9.13 Å². The van der Waals surface area contributed by atoms with E-state index in [2.05, 4.69) is 0 Å². The Morgan fingerprint density at radius 1 is 1.39 bits per heavy atom. The lowest BCUT2D eigenvalue weighted by Crippen LogP contribution is -2.29. The monoisotopic (exact) mass is 271 g/mol. The number of hydrogen-bond acceptors (Lipinski definition) is 3. The zero-order chi connectivity index (χ0) is 13.6. The molecule has 0 radical (unpaired) electrons. The molecular weight excluding hydrogens is 249 g/mol. The first kappa shape index (κ1) is 15.5. The summed E-state index contributed by atoms with van der Waals surface area (Å²) in [5.41, 5.74) is 5.90. The van der Waals surface area contributed by atoms with Gasteiger partial charge in [-0.1, -0.05) is 12.1 Å². The number of benzene rings is 1. The number of thioether (sulfide) groups is 1. The van der Waals surface area contributed by atoms with Gasteiger partial charge in [0.1, 0.15) is 5.82 Å². The molecule has 102 valence electrons. The van der Waals surface area contributed by atoms with Crippen LogP contribution in [0.15, 0.2) is 29.2 Å². The standard InChI is InChI=1S/C14H22FNOS/c1-14(2,17-3)9-8-11(16)10-18-13-7-5-4-6-12(13)15/h4-7,11H,8-10,16H2,1-3H3. The fourth-order valence-corrected chi connectivity index (χ4v) is 2.42. The summed E-state index contributed by atoms with van der Waals surface area (Å²) in [7, 11) is 1.71. The number of methoxy groups -OCH3 is 1.